The van der Waals surface area contributed by atoms with Crippen molar-refractivity contribution in [2.75, 3.05) is 33.4 Å². The topological polar surface area (TPSA) is 60.0 Å². The molecule has 1 aromatic rings. The summed E-state index contributed by atoms with van der Waals surface area (Å²) in [5.41, 5.74) is 0.558. The van der Waals surface area contributed by atoms with Crippen molar-refractivity contribution in [1.82, 2.24) is 10.2 Å². The monoisotopic (exact) mass is 348 g/mol. The van der Waals surface area contributed by atoms with Crippen LogP contribution in [0.5, 0.6) is 11.5 Å². The molecule has 1 heterocycles. The third-order valence-corrected chi connectivity index (χ3v) is 4.51. The average Bonchev–Trinajstić information content (AvgIpc) is 3.45. The van der Waals surface area contributed by atoms with Crippen LogP contribution in [-0.4, -0.2) is 62.4 Å². The minimum atomic E-state index is -0.124. The van der Waals surface area contributed by atoms with E-state index in [9.17, 15) is 4.79 Å². The van der Waals surface area contributed by atoms with E-state index >= 15 is 0 Å². The predicted octanol–water partition coefficient (Wildman–Crippen LogP) is 2.08. The summed E-state index contributed by atoms with van der Waals surface area (Å²) in [6.45, 7) is 7.07. The molecule has 1 atom stereocenters. The average molecular weight is 348 g/mol. The van der Waals surface area contributed by atoms with Gasteiger partial charge in [0, 0.05) is 31.2 Å². The van der Waals surface area contributed by atoms with Gasteiger partial charge < -0.3 is 19.5 Å². The fraction of sp³-hybridized carbons (Fsp3) is 0.632. The first-order chi connectivity index (χ1) is 12.1. The number of methoxy groups -OCH3 is 1. The van der Waals surface area contributed by atoms with Crippen molar-refractivity contribution in [3.8, 4) is 11.5 Å². The molecule has 25 heavy (non-hydrogen) atoms. The number of hydrogen-bond donors (Lipinski definition) is 1. The number of hydrogen-bond acceptors (Lipinski definition) is 5. The number of nitrogens with one attached hydrogen (secondary N) is 1. The van der Waals surface area contributed by atoms with Gasteiger partial charge in [0.2, 0.25) is 0 Å². The molecule has 0 aromatic heterocycles. The molecule has 2 aliphatic rings. The van der Waals surface area contributed by atoms with Gasteiger partial charge in [0.1, 0.15) is 0 Å². The highest BCUT2D eigenvalue weighted by molar-refractivity contribution is 5.94. The van der Waals surface area contributed by atoms with Crippen molar-refractivity contribution in [1.29, 1.82) is 0 Å². The van der Waals surface area contributed by atoms with E-state index in [-0.39, 0.29) is 18.1 Å². The second kappa shape index (κ2) is 8.06. The van der Waals surface area contributed by atoms with Gasteiger partial charge in [-0.15, -0.1) is 0 Å². The summed E-state index contributed by atoms with van der Waals surface area (Å²) in [5.74, 6) is 1.08. The van der Waals surface area contributed by atoms with Gasteiger partial charge in [0.15, 0.2) is 11.5 Å². The van der Waals surface area contributed by atoms with Crippen LogP contribution in [0.4, 0.5) is 0 Å². The van der Waals surface area contributed by atoms with Crippen molar-refractivity contribution in [2.45, 2.75) is 44.9 Å². The van der Waals surface area contributed by atoms with Crippen LogP contribution >= 0.6 is 0 Å². The fourth-order valence-electron chi connectivity index (χ4n) is 3.11. The summed E-state index contributed by atoms with van der Waals surface area (Å²) in [6, 6.07) is 5.98. The lowest BCUT2D eigenvalue weighted by atomic mass is 10.1. The minimum absolute atomic E-state index is 0.0476. The van der Waals surface area contributed by atoms with Gasteiger partial charge in [0.25, 0.3) is 5.91 Å². The molecule has 3 rings (SSSR count). The first-order valence-corrected chi connectivity index (χ1v) is 9.05. The van der Waals surface area contributed by atoms with E-state index in [0.29, 0.717) is 23.6 Å². The molecule has 1 saturated carbocycles. The van der Waals surface area contributed by atoms with Crippen LogP contribution in [-0.2, 0) is 4.74 Å². The van der Waals surface area contributed by atoms with Crippen molar-refractivity contribution >= 4 is 5.91 Å². The summed E-state index contributed by atoms with van der Waals surface area (Å²) in [6.07, 6.45) is 2.70. The lowest BCUT2D eigenvalue weighted by Crippen LogP contribution is -2.48. The van der Waals surface area contributed by atoms with E-state index in [1.807, 2.05) is 13.8 Å². The summed E-state index contributed by atoms with van der Waals surface area (Å²) in [5, 5.41) is 2.97. The summed E-state index contributed by atoms with van der Waals surface area (Å²) < 4.78 is 16.8. The molecule has 0 spiro atoms. The Morgan fingerprint density at radius 2 is 2.16 bits per heavy atom. The van der Waals surface area contributed by atoms with Gasteiger partial charge in [0.05, 0.1) is 25.9 Å². The zero-order chi connectivity index (χ0) is 17.8. The van der Waals surface area contributed by atoms with Crippen LogP contribution in [0.2, 0.25) is 0 Å². The zero-order valence-electron chi connectivity index (χ0n) is 15.3. The molecule has 1 aliphatic heterocycles. The smallest absolute Gasteiger partial charge is 0.251 e. The normalized spacial score (nSPS) is 21.2. The molecule has 1 saturated heterocycles. The van der Waals surface area contributed by atoms with Crippen LogP contribution in [0.15, 0.2) is 18.2 Å². The molecular weight excluding hydrogens is 320 g/mol. The quantitative estimate of drug-likeness (QED) is 0.817. The van der Waals surface area contributed by atoms with E-state index in [4.69, 9.17) is 14.2 Å². The highest BCUT2D eigenvalue weighted by atomic mass is 16.5. The van der Waals surface area contributed by atoms with Gasteiger partial charge >= 0.3 is 0 Å². The second-order valence-corrected chi connectivity index (χ2v) is 6.96. The Bertz CT molecular complexity index is 601. The maximum atomic E-state index is 12.4. The Balaban J connectivity index is 1.55. The third-order valence-electron chi connectivity index (χ3n) is 4.51. The first kappa shape index (κ1) is 18.0. The van der Waals surface area contributed by atoms with E-state index in [1.54, 1.807) is 25.3 Å². The van der Waals surface area contributed by atoms with Crippen molar-refractivity contribution in [3.05, 3.63) is 23.8 Å². The number of amides is 1. The van der Waals surface area contributed by atoms with E-state index in [1.165, 1.54) is 12.8 Å². The molecule has 6 nitrogen and oxygen atoms in total. The number of carbonyl (C=O) groups is 1. The van der Waals surface area contributed by atoms with Crippen LogP contribution in [0.3, 0.4) is 0 Å². The lowest BCUT2D eigenvalue weighted by Gasteiger charge is -2.33. The fourth-order valence-corrected chi connectivity index (χ4v) is 3.11. The minimum Gasteiger partial charge on any atom is -0.493 e. The third kappa shape index (κ3) is 4.86. The molecule has 1 amide bonds. The van der Waals surface area contributed by atoms with Crippen LogP contribution in [0.1, 0.15) is 37.0 Å². The SMILES string of the molecule is COc1cc(C(=O)NCC2CN(C3CC3)CCO2)ccc1OC(C)C. The van der Waals surface area contributed by atoms with Gasteiger partial charge in [-0.2, -0.15) is 0 Å². The summed E-state index contributed by atoms with van der Waals surface area (Å²) in [7, 11) is 1.58. The number of benzene rings is 1. The molecule has 0 bridgehead atoms. The largest absolute Gasteiger partial charge is 0.493 e. The number of rotatable bonds is 7. The maximum Gasteiger partial charge on any atom is 0.251 e. The molecule has 1 unspecified atom stereocenters. The summed E-state index contributed by atoms with van der Waals surface area (Å²) in [4.78, 5) is 14.9. The molecule has 1 N–H and O–H groups in total. The van der Waals surface area contributed by atoms with E-state index in [0.717, 1.165) is 25.7 Å². The van der Waals surface area contributed by atoms with Gasteiger partial charge in [-0.3, -0.25) is 9.69 Å². The Morgan fingerprint density at radius 3 is 2.84 bits per heavy atom. The van der Waals surface area contributed by atoms with Crippen molar-refractivity contribution in [3.63, 3.8) is 0 Å². The molecular formula is C19H28N2O4. The summed E-state index contributed by atoms with van der Waals surface area (Å²) >= 11 is 0. The predicted molar refractivity (Wildman–Crippen MR) is 95.4 cm³/mol. The molecule has 138 valence electrons. The standard InChI is InChI=1S/C19H28N2O4/c1-13(2)25-17-7-4-14(10-18(17)23-3)19(22)20-11-16-12-21(8-9-24-16)15-5-6-15/h4,7,10,13,15-16H,5-6,8-9,11-12H2,1-3H3,(H,20,22). The molecule has 6 heteroatoms. The number of ether oxygens (including phenoxy) is 3. The zero-order valence-corrected chi connectivity index (χ0v) is 15.3. The molecule has 1 aliphatic carbocycles. The van der Waals surface area contributed by atoms with Crippen molar-refractivity contribution in [2.24, 2.45) is 0 Å². The first-order valence-electron chi connectivity index (χ1n) is 9.05. The van der Waals surface area contributed by atoms with Gasteiger partial charge in [-0.1, -0.05) is 0 Å². The second-order valence-electron chi connectivity index (χ2n) is 6.96. The van der Waals surface area contributed by atoms with E-state index in [2.05, 4.69) is 10.2 Å². The number of nitrogens with zero attached hydrogens (tertiary/aromatic N) is 1. The Kier molecular flexibility index (Phi) is 5.81. The Morgan fingerprint density at radius 1 is 1.36 bits per heavy atom. The number of morpholine rings is 1. The van der Waals surface area contributed by atoms with Crippen LogP contribution in [0, 0.1) is 0 Å². The van der Waals surface area contributed by atoms with Crippen LogP contribution in [0.25, 0.3) is 0 Å². The molecule has 2 fully saturated rings. The maximum absolute atomic E-state index is 12.4. The van der Waals surface area contributed by atoms with E-state index < -0.39 is 0 Å². The lowest BCUT2D eigenvalue weighted by molar-refractivity contribution is -0.0293. The molecule has 1 aromatic carbocycles. The highest BCUT2D eigenvalue weighted by Crippen LogP contribution is 2.29. The van der Waals surface area contributed by atoms with Gasteiger partial charge in [-0.25, -0.2) is 0 Å². The van der Waals surface area contributed by atoms with Crippen molar-refractivity contribution < 1.29 is 19.0 Å². The molecule has 0 radical (unpaired) electrons. The highest BCUT2D eigenvalue weighted by Gasteiger charge is 2.33. The number of carbonyl (C=O) groups excluding carboxylic acids is 1. The van der Waals surface area contributed by atoms with Gasteiger partial charge in [-0.05, 0) is 44.9 Å². The Hall–Kier alpha value is -1.79. The van der Waals surface area contributed by atoms with Crippen LogP contribution < -0.4 is 14.8 Å². The Labute approximate surface area is 149 Å².